The maximum atomic E-state index is 5.06. The summed E-state index contributed by atoms with van der Waals surface area (Å²) < 4.78 is 2.59. The molecule has 1 aromatic carbocycles. The summed E-state index contributed by atoms with van der Waals surface area (Å²) in [5.41, 5.74) is 4.36. The fraction of sp³-hybridized carbons (Fsp3) is 0.731. The normalized spacial score (nSPS) is 23.3. The SMILES string of the molecule is CCNCCc1nc2cc(C)ccc2n1C1CCN(CC2CCCC(C)(C)C2)CC1. The number of hydrogen-bond acceptors (Lipinski definition) is 3. The third-order valence-corrected chi connectivity index (χ3v) is 7.44. The maximum absolute atomic E-state index is 5.06. The zero-order valence-electron chi connectivity index (χ0n) is 19.7. The Labute approximate surface area is 183 Å². The van der Waals surface area contributed by atoms with Gasteiger partial charge in [-0.3, -0.25) is 0 Å². The zero-order valence-corrected chi connectivity index (χ0v) is 19.7. The van der Waals surface area contributed by atoms with Gasteiger partial charge in [0.25, 0.3) is 0 Å². The molecule has 1 unspecified atom stereocenters. The molecule has 2 aliphatic rings. The molecule has 2 aromatic rings. The molecule has 166 valence electrons. The molecule has 2 heterocycles. The van der Waals surface area contributed by atoms with Gasteiger partial charge in [0.1, 0.15) is 5.82 Å². The first-order valence-electron chi connectivity index (χ1n) is 12.4. The summed E-state index contributed by atoms with van der Waals surface area (Å²) in [5.74, 6) is 2.17. The number of benzene rings is 1. The number of nitrogens with one attached hydrogen (secondary N) is 1. The molecule has 1 atom stereocenters. The van der Waals surface area contributed by atoms with Crippen LogP contribution in [0.25, 0.3) is 11.0 Å². The minimum absolute atomic E-state index is 0.552. The number of piperidine rings is 1. The molecule has 30 heavy (non-hydrogen) atoms. The lowest BCUT2D eigenvalue weighted by atomic mass is 9.72. The minimum Gasteiger partial charge on any atom is -0.325 e. The summed E-state index contributed by atoms with van der Waals surface area (Å²) in [5, 5.41) is 3.48. The summed E-state index contributed by atoms with van der Waals surface area (Å²) in [6, 6.07) is 7.38. The topological polar surface area (TPSA) is 33.1 Å². The minimum atomic E-state index is 0.552. The number of likely N-dealkylation sites (N-methyl/N-ethyl adjacent to an activating group) is 1. The van der Waals surface area contributed by atoms with E-state index in [9.17, 15) is 0 Å². The van der Waals surface area contributed by atoms with Gasteiger partial charge in [0.05, 0.1) is 11.0 Å². The monoisotopic (exact) mass is 410 g/mol. The van der Waals surface area contributed by atoms with Crippen LogP contribution in [0.4, 0.5) is 0 Å². The number of likely N-dealkylation sites (tertiary alicyclic amines) is 1. The van der Waals surface area contributed by atoms with Gasteiger partial charge >= 0.3 is 0 Å². The van der Waals surface area contributed by atoms with E-state index >= 15 is 0 Å². The van der Waals surface area contributed by atoms with E-state index in [0.717, 1.165) is 25.4 Å². The highest BCUT2D eigenvalue weighted by Crippen LogP contribution is 2.39. The number of imidazole rings is 1. The van der Waals surface area contributed by atoms with Crippen molar-refractivity contribution in [2.45, 2.75) is 78.7 Å². The summed E-state index contributed by atoms with van der Waals surface area (Å²) in [4.78, 5) is 7.81. The first kappa shape index (κ1) is 21.8. The van der Waals surface area contributed by atoms with Gasteiger partial charge in [-0.15, -0.1) is 0 Å². The number of fused-ring (bicyclic) bond motifs is 1. The van der Waals surface area contributed by atoms with Crippen molar-refractivity contribution in [2.24, 2.45) is 11.3 Å². The summed E-state index contributed by atoms with van der Waals surface area (Å²) in [6.07, 6.45) is 9.20. The van der Waals surface area contributed by atoms with E-state index in [4.69, 9.17) is 4.98 Å². The summed E-state index contributed by atoms with van der Waals surface area (Å²) in [7, 11) is 0. The Kier molecular flexibility index (Phi) is 6.84. The predicted octanol–water partition coefficient (Wildman–Crippen LogP) is 5.35. The molecular weight excluding hydrogens is 368 g/mol. The van der Waals surface area contributed by atoms with Gasteiger partial charge in [0, 0.05) is 38.6 Å². The molecule has 0 radical (unpaired) electrons. The van der Waals surface area contributed by atoms with Gasteiger partial charge in [0.15, 0.2) is 0 Å². The van der Waals surface area contributed by atoms with Crippen LogP contribution >= 0.6 is 0 Å². The molecule has 1 aliphatic heterocycles. The Hall–Kier alpha value is -1.39. The van der Waals surface area contributed by atoms with Crippen LogP contribution in [0.15, 0.2) is 18.2 Å². The molecule has 4 rings (SSSR count). The average molecular weight is 411 g/mol. The maximum Gasteiger partial charge on any atom is 0.111 e. The Balaban J connectivity index is 1.44. The lowest BCUT2D eigenvalue weighted by Crippen LogP contribution is -2.40. The quantitative estimate of drug-likeness (QED) is 0.625. The van der Waals surface area contributed by atoms with E-state index in [1.54, 1.807) is 0 Å². The van der Waals surface area contributed by atoms with Crippen molar-refractivity contribution < 1.29 is 0 Å². The lowest BCUT2D eigenvalue weighted by molar-refractivity contribution is 0.109. The van der Waals surface area contributed by atoms with Gasteiger partial charge in [-0.2, -0.15) is 0 Å². The molecule has 0 spiro atoms. The van der Waals surface area contributed by atoms with Crippen molar-refractivity contribution in [3.63, 3.8) is 0 Å². The molecule has 4 heteroatoms. The number of rotatable bonds is 7. The highest BCUT2D eigenvalue weighted by molar-refractivity contribution is 5.77. The molecular formula is C26H42N4. The second-order valence-corrected chi connectivity index (χ2v) is 10.7. The number of aromatic nitrogens is 2. The van der Waals surface area contributed by atoms with E-state index in [-0.39, 0.29) is 0 Å². The van der Waals surface area contributed by atoms with Crippen molar-refractivity contribution in [1.82, 2.24) is 19.8 Å². The molecule has 1 aliphatic carbocycles. The molecule has 2 fully saturated rings. The van der Waals surface area contributed by atoms with E-state index < -0.39 is 0 Å². The van der Waals surface area contributed by atoms with Gasteiger partial charge in [0.2, 0.25) is 0 Å². The first-order valence-corrected chi connectivity index (χ1v) is 12.4. The Morgan fingerprint density at radius 3 is 2.70 bits per heavy atom. The molecule has 1 saturated heterocycles. The molecule has 0 amide bonds. The Morgan fingerprint density at radius 1 is 1.17 bits per heavy atom. The third-order valence-electron chi connectivity index (χ3n) is 7.44. The summed E-state index contributed by atoms with van der Waals surface area (Å²) >= 11 is 0. The second kappa shape index (κ2) is 9.40. The van der Waals surface area contributed by atoms with Crippen LogP contribution in [-0.4, -0.2) is 47.2 Å². The van der Waals surface area contributed by atoms with Crippen LogP contribution in [0, 0.1) is 18.3 Å². The predicted molar refractivity (Wildman–Crippen MR) is 127 cm³/mol. The third kappa shape index (κ3) is 5.08. The molecule has 1 N–H and O–H groups in total. The molecule has 0 bridgehead atoms. The standard InChI is InChI=1S/C26H42N4/c1-5-27-14-10-25-28-23-17-20(2)8-9-24(23)30(25)22-11-15-29(16-12-22)19-21-7-6-13-26(3,4)18-21/h8-9,17,21-22,27H,5-7,10-16,18-19H2,1-4H3. The van der Waals surface area contributed by atoms with Crippen LogP contribution < -0.4 is 5.32 Å². The highest BCUT2D eigenvalue weighted by Gasteiger charge is 2.31. The number of nitrogens with zero attached hydrogens (tertiary/aromatic N) is 3. The first-order chi connectivity index (χ1) is 14.4. The second-order valence-electron chi connectivity index (χ2n) is 10.7. The fourth-order valence-corrected chi connectivity index (χ4v) is 5.96. The fourth-order valence-electron chi connectivity index (χ4n) is 5.96. The van der Waals surface area contributed by atoms with Gasteiger partial charge in [-0.1, -0.05) is 33.3 Å². The van der Waals surface area contributed by atoms with Crippen LogP contribution in [-0.2, 0) is 6.42 Å². The van der Waals surface area contributed by atoms with Gasteiger partial charge in [-0.05, 0) is 74.6 Å². The van der Waals surface area contributed by atoms with Crippen molar-refractivity contribution in [1.29, 1.82) is 0 Å². The Bertz CT molecular complexity index is 829. The smallest absolute Gasteiger partial charge is 0.111 e. The number of aryl methyl sites for hydroxylation is 1. The van der Waals surface area contributed by atoms with Crippen LogP contribution in [0.5, 0.6) is 0 Å². The van der Waals surface area contributed by atoms with Crippen LogP contribution in [0.3, 0.4) is 0 Å². The molecule has 1 saturated carbocycles. The van der Waals surface area contributed by atoms with E-state index in [1.807, 2.05) is 0 Å². The zero-order chi connectivity index (χ0) is 21.1. The van der Waals surface area contributed by atoms with E-state index in [1.165, 1.54) is 80.6 Å². The highest BCUT2D eigenvalue weighted by atomic mass is 15.2. The van der Waals surface area contributed by atoms with Crippen molar-refractivity contribution >= 4 is 11.0 Å². The van der Waals surface area contributed by atoms with Crippen molar-refractivity contribution in [3.05, 3.63) is 29.6 Å². The van der Waals surface area contributed by atoms with Crippen molar-refractivity contribution in [3.8, 4) is 0 Å². The molecule has 4 nitrogen and oxygen atoms in total. The lowest BCUT2D eigenvalue weighted by Gasteiger charge is -2.40. The van der Waals surface area contributed by atoms with Crippen molar-refractivity contribution in [2.75, 3.05) is 32.7 Å². The van der Waals surface area contributed by atoms with E-state index in [2.05, 4.69) is 60.7 Å². The molecule has 1 aromatic heterocycles. The van der Waals surface area contributed by atoms with Gasteiger partial charge < -0.3 is 14.8 Å². The largest absolute Gasteiger partial charge is 0.325 e. The number of hydrogen-bond donors (Lipinski definition) is 1. The average Bonchev–Trinajstić information content (AvgIpc) is 3.05. The van der Waals surface area contributed by atoms with Crippen LogP contribution in [0.1, 0.15) is 76.7 Å². The Morgan fingerprint density at radius 2 is 1.97 bits per heavy atom. The summed E-state index contributed by atoms with van der Waals surface area (Å²) in [6.45, 7) is 15.1. The van der Waals surface area contributed by atoms with E-state index in [0.29, 0.717) is 11.5 Å². The van der Waals surface area contributed by atoms with Crippen LogP contribution in [0.2, 0.25) is 0 Å². The van der Waals surface area contributed by atoms with Gasteiger partial charge in [-0.25, -0.2) is 4.98 Å².